The van der Waals surface area contributed by atoms with Crippen LogP contribution < -0.4 is 10.6 Å². The number of rotatable bonds is 4. The van der Waals surface area contributed by atoms with Crippen LogP contribution in [-0.2, 0) is 11.3 Å². The van der Waals surface area contributed by atoms with Crippen molar-refractivity contribution in [2.75, 3.05) is 5.32 Å². The molecule has 0 radical (unpaired) electrons. The first kappa shape index (κ1) is 11.1. The van der Waals surface area contributed by atoms with E-state index in [0.29, 0.717) is 5.54 Å². The average Bonchev–Trinajstić information content (AvgIpc) is 2.96. The molecule has 16 heavy (non-hydrogen) atoms. The quantitative estimate of drug-likeness (QED) is 0.814. The van der Waals surface area contributed by atoms with E-state index in [1.54, 1.807) is 0 Å². The van der Waals surface area contributed by atoms with Gasteiger partial charge in [-0.3, -0.25) is 4.79 Å². The van der Waals surface area contributed by atoms with Crippen LogP contribution in [0.5, 0.6) is 0 Å². The maximum atomic E-state index is 10.8. The van der Waals surface area contributed by atoms with E-state index in [4.69, 9.17) is 0 Å². The molecule has 1 aliphatic rings. The van der Waals surface area contributed by atoms with Gasteiger partial charge >= 0.3 is 0 Å². The van der Waals surface area contributed by atoms with Crippen molar-refractivity contribution >= 4 is 11.6 Å². The van der Waals surface area contributed by atoms with Crippen LogP contribution in [0.15, 0.2) is 24.3 Å². The van der Waals surface area contributed by atoms with E-state index in [0.717, 1.165) is 12.2 Å². The Morgan fingerprint density at radius 1 is 1.31 bits per heavy atom. The maximum Gasteiger partial charge on any atom is 0.221 e. The highest BCUT2D eigenvalue weighted by molar-refractivity contribution is 5.88. The van der Waals surface area contributed by atoms with Crippen LogP contribution in [-0.4, -0.2) is 11.4 Å². The van der Waals surface area contributed by atoms with Crippen molar-refractivity contribution in [3.8, 4) is 0 Å². The molecular weight excluding hydrogens is 200 g/mol. The Morgan fingerprint density at radius 3 is 2.44 bits per heavy atom. The zero-order valence-corrected chi connectivity index (χ0v) is 9.84. The summed E-state index contributed by atoms with van der Waals surface area (Å²) < 4.78 is 0. The molecule has 0 atom stereocenters. The van der Waals surface area contributed by atoms with Gasteiger partial charge in [0.05, 0.1) is 0 Å². The molecule has 86 valence electrons. The minimum absolute atomic E-state index is 0.0311. The molecule has 2 rings (SSSR count). The third-order valence-electron chi connectivity index (χ3n) is 2.99. The fourth-order valence-electron chi connectivity index (χ4n) is 1.59. The number of amides is 1. The topological polar surface area (TPSA) is 41.1 Å². The molecule has 1 fully saturated rings. The van der Waals surface area contributed by atoms with Gasteiger partial charge in [-0.1, -0.05) is 12.1 Å². The Kier molecular flexibility index (Phi) is 2.97. The lowest BCUT2D eigenvalue weighted by Crippen LogP contribution is -2.26. The Morgan fingerprint density at radius 2 is 1.94 bits per heavy atom. The van der Waals surface area contributed by atoms with Gasteiger partial charge in [-0.05, 0) is 37.5 Å². The number of hydrogen-bond acceptors (Lipinski definition) is 2. The second kappa shape index (κ2) is 4.26. The molecule has 3 nitrogen and oxygen atoms in total. The van der Waals surface area contributed by atoms with E-state index in [-0.39, 0.29) is 5.91 Å². The molecule has 3 heteroatoms. The van der Waals surface area contributed by atoms with Crippen molar-refractivity contribution in [2.24, 2.45) is 0 Å². The van der Waals surface area contributed by atoms with Crippen molar-refractivity contribution in [3.05, 3.63) is 29.8 Å². The molecule has 0 bridgehead atoms. The number of benzene rings is 1. The summed E-state index contributed by atoms with van der Waals surface area (Å²) in [5, 5.41) is 6.28. The maximum absolute atomic E-state index is 10.8. The summed E-state index contributed by atoms with van der Waals surface area (Å²) in [4.78, 5) is 10.8. The van der Waals surface area contributed by atoms with E-state index < -0.39 is 0 Å². The van der Waals surface area contributed by atoms with E-state index in [9.17, 15) is 4.79 Å². The Bertz CT molecular complexity index is 379. The third kappa shape index (κ3) is 3.07. The summed E-state index contributed by atoms with van der Waals surface area (Å²) in [6.45, 7) is 4.67. The molecule has 1 aromatic carbocycles. The zero-order chi connectivity index (χ0) is 11.6. The van der Waals surface area contributed by atoms with Crippen LogP contribution in [0.1, 0.15) is 32.3 Å². The molecule has 1 aliphatic carbocycles. The van der Waals surface area contributed by atoms with Crippen molar-refractivity contribution in [3.63, 3.8) is 0 Å². The van der Waals surface area contributed by atoms with Crippen LogP contribution in [0.25, 0.3) is 0 Å². The number of nitrogens with one attached hydrogen (secondary N) is 2. The molecule has 0 aromatic heterocycles. The molecule has 0 heterocycles. The molecule has 1 aromatic rings. The fraction of sp³-hybridized carbons (Fsp3) is 0.462. The molecule has 1 saturated carbocycles. The minimum atomic E-state index is -0.0311. The van der Waals surface area contributed by atoms with Gasteiger partial charge in [-0.15, -0.1) is 0 Å². The summed E-state index contributed by atoms with van der Waals surface area (Å²) in [6.07, 6.45) is 2.55. The second-order valence-corrected chi connectivity index (χ2v) is 4.79. The highest BCUT2D eigenvalue weighted by atomic mass is 16.1. The van der Waals surface area contributed by atoms with Gasteiger partial charge < -0.3 is 10.6 Å². The molecule has 2 N–H and O–H groups in total. The van der Waals surface area contributed by atoms with Crippen molar-refractivity contribution < 1.29 is 4.79 Å². The monoisotopic (exact) mass is 218 g/mol. The summed E-state index contributed by atoms with van der Waals surface area (Å²) in [7, 11) is 0. The number of hydrogen-bond donors (Lipinski definition) is 2. The first-order valence-electron chi connectivity index (χ1n) is 5.69. The van der Waals surface area contributed by atoms with Crippen LogP contribution >= 0.6 is 0 Å². The summed E-state index contributed by atoms with van der Waals surface area (Å²) >= 11 is 0. The number of carbonyl (C=O) groups is 1. The molecule has 1 amide bonds. The molecule has 0 aliphatic heterocycles. The average molecular weight is 218 g/mol. The van der Waals surface area contributed by atoms with E-state index in [1.807, 2.05) is 24.3 Å². The van der Waals surface area contributed by atoms with Gasteiger partial charge in [0, 0.05) is 24.7 Å². The molecule has 0 unspecified atom stereocenters. The lowest BCUT2D eigenvalue weighted by molar-refractivity contribution is -0.114. The van der Waals surface area contributed by atoms with Gasteiger partial charge in [0.1, 0.15) is 0 Å². The largest absolute Gasteiger partial charge is 0.326 e. The van der Waals surface area contributed by atoms with Crippen LogP contribution in [0.2, 0.25) is 0 Å². The smallest absolute Gasteiger partial charge is 0.221 e. The van der Waals surface area contributed by atoms with Gasteiger partial charge in [-0.2, -0.15) is 0 Å². The van der Waals surface area contributed by atoms with Crippen LogP contribution in [0, 0.1) is 0 Å². The fourth-order valence-corrected chi connectivity index (χ4v) is 1.59. The standard InChI is InChI=1S/C13H18N2O/c1-10(16)15-12-5-3-11(4-6-12)9-14-13(2)7-8-13/h3-6,14H,7-9H2,1-2H3,(H,15,16). The summed E-state index contributed by atoms with van der Waals surface area (Å²) in [5.74, 6) is -0.0311. The first-order chi connectivity index (χ1) is 7.57. The molecule has 0 spiro atoms. The lowest BCUT2D eigenvalue weighted by atomic mass is 10.2. The van der Waals surface area contributed by atoms with Crippen molar-refractivity contribution in [2.45, 2.75) is 38.8 Å². The van der Waals surface area contributed by atoms with Crippen molar-refractivity contribution in [1.29, 1.82) is 0 Å². The van der Waals surface area contributed by atoms with Gasteiger partial charge in [0.2, 0.25) is 5.91 Å². The summed E-state index contributed by atoms with van der Waals surface area (Å²) in [5.41, 5.74) is 2.48. The predicted molar refractivity (Wildman–Crippen MR) is 65.2 cm³/mol. The number of carbonyl (C=O) groups excluding carboxylic acids is 1. The highest BCUT2D eigenvalue weighted by Crippen LogP contribution is 2.34. The number of anilines is 1. The van der Waals surface area contributed by atoms with E-state index in [2.05, 4.69) is 17.6 Å². The van der Waals surface area contributed by atoms with Crippen LogP contribution in [0.4, 0.5) is 5.69 Å². The summed E-state index contributed by atoms with van der Waals surface area (Å²) in [6, 6.07) is 7.97. The van der Waals surface area contributed by atoms with Crippen molar-refractivity contribution in [1.82, 2.24) is 5.32 Å². The third-order valence-corrected chi connectivity index (χ3v) is 2.99. The van der Waals surface area contributed by atoms with Crippen LogP contribution in [0.3, 0.4) is 0 Å². The first-order valence-corrected chi connectivity index (χ1v) is 5.69. The van der Waals surface area contributed by atoms with Gasteiger partial charge in [-0.25, -0.2) is 0 Å². The Balaban J connectivity index is 1.88. The normalized spacial score (nSPS) is 16.9. The van der Waals surface area contributed by atoms with Gasteiger partial charge in [0.25, 0.3) is 0 Å². The van der Waals surface area contributed by atoms with E-state index in [1.165, 1.54) is 25.3 Å². The van der Waals surface area contributed by atoms with Gasteiger partial charge in [0.15, 0.2) is 0 Å². The highest BCUT2D eigenvalue weighted by Gasteiger charge is 2.36. The Labute approximate surface area is 96.2 Å². The predicted octanol–water partition coefficient (Wildman–Crippen LogP) is 2.29. The van der Waals surface area contributed by atoms with E-state index >= 15 is 0 Å². The minimum Gasteiger partial charge on any atom is -0.326 e. The Hall–Kier alpha value is -1.35. The molecular formula is C13H18N2O. The second-order valence-electron chi connectivity index (χ2n) is 4.79. The zero-order valence-electron chi connectivity index (χ0n) is 9.84. The molecule has 0 saturated heterocycles. The lowest BCUT2D eigenvalue weighted by Gasteiger charge is -2.11. The SMILES string of the molecule is CC(=O)Nc1ccc(CNC2(C)CC2)cc1.